The van der Waals surface area contributed by atoms with Gasteiger partial charge < -0.3 is 24.7 Å². The van der Waals surface area contributed by atoms with Crippen LogP contribution in [0.3, 0.4) is 0 Å². The van der Waals surface area contributed by atoms with Gasteiger partial charge in [-0.3, -0.25) is 4.79 Å². The summed E-state index contributed by atoms with van der Waals surface area (Å²) >= 11 is 6.25. The lowest BCUT2D eigenvalue weighted by atomic mass is 9.77. The molecule has 4 rings (SSSR count). The van der Waals surface area contributed by atoms with Crippen LogP contribution in [0.2, 0.25) is 5.02 Å². The van der Waals surface area contributed by atoms with Gasteiger partial charge in [-0.1, -0.05) is 35.9 Å². The highest BCUT2D eigenvalue weighted by molar-refractivity contribution is 6.31. The molecule has 8 heteroatoms. The molecule has 2 aromatic rings. The van der Waals surface area contributed by atoms with E-state index in [1.165, 1.54) is 7.11 Å². The lowest BCUT2D eigenvalue weighted by Gasteiger charge is -2.32. The fraction of sp³-hybridized carbons (Fsp3) is 0.308. The van der Waals surface area contributed by atoms with Crippen LogP contribution in [-0.4, -0.2) is 25.5 Å². The molecule has 0 radical (unpaired) electrons. The second-order valence-electron chi connectivity index (χ2n) is 7.94. The maximum atomic E-state index is 12.9. The van der Waals surface area contributed by atoms with Gasteiger partial charge in [-0.15, -0.1) is 0 Å². The average Bonchev–Trinajstić information content (AvgIpc) is 2.83. The highest BCUT2D eigenvalue weighted by atomic mass is 35.5. The Morgan fingerprint density at radius 1 is 1.15 bits per heavy atom. The van der Waals surface area contributed by atoms with E-state index in [2.05, 4.69) is 0 Å². The molecule has 0 saturated carbocycles. The topological polar surface area (TPSA) is 97.1 Å². The number of allylic oxidation sites excluding steroid dienone is 2. The van der Waals surface area contributed by atoms with Gasteiger partial charge in [0, 0.05) is 29.0 Å². The molecule has 2 aliphatic rings. The molecular weight excluding hydrogens is 458 g/mol. The number of hydrogen-bond acceptors (Lipinski definition) is 7. The Hall–Kier alpha value is -3.45. The number of methoxy groups -OCH3 is 1. The molecule has 178 valence electrons. The number of ketones is 1. The van der Waals surface area contributed by atoms with Gasteiger partial charge in [-0.05, 0) is 37.1 Å². The van der Waals surface area contributed by atoms with Gasteiger partial charge in [0.15, 0.2) is 17.3 Å². The monoisotopic (exact) mass is 483 g/mol. The van der Waals surface area contributed by atoms with Crippen molar-refractivity contribution in [3.8, 4) is 11.5 Å². The quantitative estimate of drug-likeness (QED) is 0.566. The van der Waals surface area contributed by atoms with Crippen molar-refractivity contribution >= 4 is 23.4 Å². The second-order valence-corrected chi connectivity index (χ2v) is 8.34. The molecule has 1 heterocycles. The molecule has 1 atom stereocenters. The van der Waals surface area contributed by atoms with E-state index in [0.717, 1.165) is 5.56 Å². The third-order valence-corrected chi connectivity index (χ3v) is 6.20. The van der Waals surface area contributed by atoms with Gasteiger partial charge in [-0.25, -0.2) is 4.79 Å². The zero-order chi connectivity index (χ0) is 24.2. The predicted octanol–water partition coefficient (Wildman–Crippen LogP) is 4.78. The Labute approximate surface area is 203 Å². The molecule has 0 fully saturated rings. The Morgan fingerprint density at radius 3 is 2.68 bits per heavy atom. The van der Waals surface area contributed by atoms with Crippen molar-refractivity contribution < 1.29 is 28.5 Å². The van der Waals surface area contributed by atoms with E-state index in [1.54, 1.807) is 24.3 Å². The molecule has 1 aliphatic carbocycles. The van der Waals surface area contributed by atoms with Gasteiger partial charge in [0.1, 0.15) is 17.9 Å². The summed E-state index contributed by atoms with van der Waals surface area (Å²) in [5.41, 5.74) is 8.16. The van der Waals surface area contributed by atoms with Crippen molar-refractivity contribution in [2.24, 2.45) is 5.73 Å². The summed E-state index contributed by atoms with van der Waals surface area (Å²) in [6, 6.07) is 12.7. The summed E-state index contributed by atoms with van der Waals surface area (Å²) < 4.78 is 22.5. The van der Waals surface area contributed by atoms with Crippen molar-refractivity contribution in [2.45, 2.75) is 38.7 Å². The lowest BCUT2D eigenvalue weighted by molar-refractivity contribution is -0.136. The van der Waals surface area contributed by atoms with E-state index < -0.39 is 11.9 Å². The van der Waals surface area contributed by atoms with E-state index in [9.17, 15) is 9.59 Å². The first-order valence-corrected chi connectivity index (χ1v) is 11.5. The van der Waals surface area contributed by atoms with Gasteiger partial charge in [0.25, 0.3) is 0 Å². The maximum absolute atomic E-state index is 12.9. The minimum absolute atomic E-state index is 0.0534. The summed E-state index contributed by atoms with van der Waals surface area (Å²) in [6.45, 7) is 2.51. The van der Waals surface area contributed by atoms with Gasteiger partial charge >= 0.3 is 5.97 Å². The number of rotatable bonds is 7. The molecule has 0 spiro atoms. The lowest BCUT2D eigenvalue weighted by Crippen LogP contribution is -2.31. The van der Waals surface area contributed by atoms with E-state index >= 15 is 0 Å². The number of benzene rings is 2. The summed E-state index contributed by atoms with van der Waals surface area (Å²) in [5, 5.41) is 0.609. The maximum Gasteiger partial charge on any atom is 0.340 e. The molecule has 2 N–H and O–H groups in total. The van der Waals surface area contributed by atoms with Gasteiger partial charge in [-0.2, -0.15) is 0 Å². The molecule has 0 bridgehead atoms. The molecule has 0 saturated heterocycles. The first kappa shape index (κ1) is 23.7. The van der Waals surface area contributed by atoms with Crippen LogP contribution in [0.1, 0.15) is 43.2 Å². The van der Waals surface area contributed by atoms with E-state index in [0.29, 0.717) is 59.3 Å². The van der Waals surface area contributed by atoms with Crippen LogP contribution < -0.4 is 15.2 Å². The van der Waals surface area contributed by atoms with Gasteiger partial charge in [0.2, 0.25) is 5.88 Å². The molecule has 0 aromatic heterocycles. The van der Waals surface area contributed by atoms with Crippen molar-refractivity contribution in [2.75, 3.05) is 13.7 Å². The zero-order valence-electron chi connectivity index (χ0n) is 19.1. The summed E-state index contributed by atoms with van der Waals surface area (Å²) in [4.78, 5) is 25.6. The molecule has 0 unspecified atom stereocenters. The molecule has 2 aromatic carbocycles. The number of carbonyl (C=O) groups is 2. The van der Waals surface area contributed by atoms with Crippen molar-refractivity contribution in [1.29, 1.82) is 0 Å². The van der Waals surface area contributed by atoms with E-state index in [4.69, 9.17) is 36.3 Å². The van der Waals surface area contributed by atoms with Crippen molar-refractivity contribution in [3.63, 3.8) is 0 Å². The van der Waals surface area contributed by atoms with Crippen molar-refractivity contribution in [3.05, 3.63) is 81.4 Å². The third-order valence-electron chi connectivity index (χ3n) is 5.83. The van der Waals surface area contributed by atoms with Crippen LogP contribution in [0, 0.1) is 0 Å². The Balaban J connectivity index is 1.74. The molecule has 34 heavy (non-hydrogen) atoms. The van der Waals surface area contributed by atoms with Gasteiger partial charge in [0.05, 0.1) is 19.6 Å². The van der Waals surface area contributed by atoms with Crippen LogP contribution in [0.4, 0.5) is 0 Å². The summed E-state index contributed by atoms with van der Waals surface area (Å²) in [7, 11) is 1.27. The molecular formula is C26H26ClNO6. The molecule has 1 aliphatic heterocycles. The molecule has 0 amide bonds. The first-order chi connectivity index (χ1) is 16.4. The fourth-order valence-corrected chi connectivity index (χ4v) is 4.45. The highest BCUT2D eigenvalue weighted by Gasteiger charge is 2.41. The Bertz CT molecular complexity index is 1190. The summed E-state index contributed by atoms with van der Waals surface area (Å²) in [5.74, 6) is -0.00168. The van der Waals surface area contributed by atoms with Crippen molar-refractivity contribution in [1.82, 2.24) is 0 Å². The normalized spacial score (nSPS) is 17.7. The third kappa shape index (κ3) is 4.61. The number of esters is 1. The number of carbonyl (C=O) groups excluding carboxylic acids is 2. The SMILES string of the molecule is CCOc1cc([C@@H]2C(C(=O)OC)=C(N)OC3=C2C(=O)CCC3)ccc1OCc1ccccc1Cl. The van der Waals surface area contributed by atoms with Crippen LogP contribution in [0.25, 0.3) is 0 Å². The summed E-state index contributed by atoms with van der Waals surface area (Å²) in [6.07, 6.45) is 1.62. The Morgan fingerprint density at radius 2 is 1.94 bits per heavy atom. The van der Waals surface area contributed by atoms with Crippen LogP contribution in [-0.2, 0) is 25.7 Å². The predicted molar refractivity (Wildman–Crippen MR) is 126 cm³/mol. The Kier molecular flexibility index (Phi) is 7.12. The largest absolute Gasteiger partial charge is 0.490 e. The number of Topliss-reactive ketones (excluding diaryl/α,β-unsaturated/α-hetero) is 1. The van der Waals surface area contributed by atoms with E-state index in [1.807, 2.05) is 25.1 Å². The van der Waals surface area contributed by atoms with Crippen LogP contribution >= 0.6 is 11.6 Å². The number of nitrogens with two attached hydrogens (primary N) is 1. The van der Waals surface area contributed by atoms with Crippen LogP contribution in [0.5, 0.6) is 11.5 Å². The highest BCUT2D eigenvalue weighted by Crippen LogP contribution is 2.45. The number of ether oxygens (including phenoxy) is 4. The second kappa shape index (κ2) is 10.2. The average molecular weight is 484 g/mol. The van der Waals surface area contributed by atoms with E-state index in [-0.39, 0.29) is 23.8 Å². The fourth-order valence-electron chi connectivity index (χ4n) is 4.26. The van der Waals surface area contributed by atoms with Crippen LogP contribution in [0.15, 0.2) is 65.3 Å². The smallest absolute Gasteiger partial charge is 0.340 e. The zero-order valence-corrected chi connectivity index (χ0v) is 19.8. The number of halogens is 1. The first-order valence-electron chi connectivity index (χ1n) is 11.1. The minimum atomic E-state index is -0.721. The number of hydrogen-bond donors (Lipinski definition) is 1. The minimum Gasteiger partial charge on any atom is -0.490 e. The standard InChI is InChI=1S/C26H26ClNO6/c1-3-32-21-13-15(11-12-19(21)33-14-16-7-4-5-8-17(16)27)22-23-18(29)9-6-10-20(23)34-25(28)24(22)26(30)31-2/h4-5,7-8,11-13,22H,3,6,9-10,14,28H2,1-2H3/t22-/m0/s1. The molecule has 7 nitrogen and oxygen atoms in total.